The van der Waals surface area contributed by atoms with E-state index in [1.807, 2.05) is 0 Å². The maximum absolute atomic E-state index is 11.8. The van der Waals surface area contributed by atoms with Gasteiger partial charge in [-0.2, -0.15) is 0 Å². The Kier molecular flexibility index (Phi) is 5.43. The van der Waals surface area contributed by atoms with Crippen molar-refractivity contribution in [3.05, 3.63) is 40.8 Å². The zero-order chi connectivity index (χ0) is 14.3. The number of rotatable bonds is 6. The molecule has 1 rings (SSSR count). The summed E-state index contributed by atoms with van der Waals surface area (Å²) < 4.78 is 28.2. The number of benzene rings is 1. The smallest absolute Gasteiger partial charge is 0.433 e. The van der Waals surface area contributed by atoms with Gasteiger partial charge in [0.1, 0.15) is 0 Å². The second-order valence-corrected chi connectivity index (χ2v) is 5.72. The summed E-state index contributed by atoms with van der Waals surface area (Å²) in [5.74, 6) is -1.08. The van der Waals surface area contributed by atoms with E-state index in [-0.39, 0.29) is 17.4 Å². The molecular formula is C11H14N2O5S. The molecule has 0 saturated carbocycles. The molecule has 1 amide bonds. The number of hydrogen-bond acceptors (Lipinski definition) is 6. The molecule has 0 radical (unpaired) electrons. The van der Waals surface area contributed by atoms with Crippen molar-refractivity contribution in [3.63, 3.8) is 0 Å². The molecule has 7 nitrogen and oxygen atoms in total. The summed E-state index contributed by atoms with van der Waals surface area (Å²) in [6, 6.07) is 8.44. The van der Waals surface area contributed by atoms with Crippen LogP contribution in [0, 0.1) is 4.91 Å². The van der Waals surface area contributed by atoms with Crippen molar-refractivity contribution in [1.29, 1.82) is 0 Å². The molecular weight excluding hydrogens is 272 g/mol. The van der Waals surface area contributed by atoms with Gasteiger partial charge in [0.2, 0.25) is 0 Å². The van der Waals surface area contributed by atoms with Crippen molar-refractivity contribution >= 4 is 15.9 Å². The summed E-state index contributed by atoms with van der Waals surface area (Å²) in [5, 5.41) is 2.61. The number of nitroso groups, excluding NO2 is 1. The Morgan fingerprint density at radius 3 is 2.47 bits per heavy atom. The van der Waals surface area contributed by atoms with Gasteiger partial charge in [0.05, 0.1) is 17.6 Å². The third-order valence-electron chi connectivity index (χ3n) is 2.13. The van der Waals surface area contributed by atoms with Crippen LogP contribution in [-0.4, -0.2) is 32.0 Å². The molecule has 0 spiro atoms. The van der Waals surface area contributed by atoms with Gasteiger partial charge in [-0.1, -0.05) is 30.3 Å². The summed E-state index contributed by atoms with van der Waals surface area (Å²) in [6.45, 7) is 1.57. The molecule has 104 valence electrons. The first-order valence-corrected chi connectivity index (χ1v) is 7.32. The Labute approximate surface area is 111 Å². The van der Waals surface area contributed by atoms with Gasteiger partial charge in [0, 0.05) is 0 Å². The second kappa shape index (κ2) is 6.83. The highest BCUT2D eigenvalue weighted by Gasteiger charge is 2.23. The fourth-order valence-corrected chi connectivity index (χ4v) is 2.68. The van der Waals surface area contributed by atoms with Crippen LogP contribution in [0.1, 0.15) is 12.5 Å². The van der Waals surface area contributed by atoms with Crippen molar-refractivity contribution in [2.45, 2.75) is 12.7 Å². The lowest BCUT2D eigenvalue weighted by Gasteiger charge is -2.13. The molecule has 0 atom stereocenters. The Morgan fingerprint density at radius 2 is 1.95 bits per heavy atom. The predicted molar refractivity (Wildman–Crippen MR) is 68.6 cm³/mol. The van der Waals surface area contributed by atoms with Gasteiger partial charge in [-0.05, 0) is 12.5 Å². The first kappa shape index (κ1) is 15.1. The lowest BCUT2D eigenvalue weighted by atomic mass is 10.2. The molecule has 0 bridgehead atoms. The van der Waals surface area contributed by atoms with Crippen LogP contribution in [0.2, 0.25) is 0 Å². The molecule has 0 aliphatic heterocycles. The number of ether oxygens (including phenoxy) is 1. The summed E-state index contributed by atoms with van der Waals surface area (Å²) in [7, 11) is -3.68. The highest BCUT2D eigenvalue weighted by atomic mass is 32.2. The Bertz CT molecular complexity index is 529. The maximum Gasteiger partial charge on any atom is 0.433 e. The van der Waals surface area contributed by atoms with Crippen molar-refractivity contribution in [2.24, 2.45) is 5.29 Å². The minimum Gasteiger partial charge on any atom is -0.448 e. The molecule has 0 aliphatic carbocycles. The SMILES string of the molecule is CCOC(=O)N(CS(=O)(=O)Cc1ccccc1)N=O. The fraction of sp³-hybridized carbons (Fsp3) is 0.364. The zero-order valence-electron chi connectivity index (χ0n) is 10.4. The normalized spacial score (nSPS) is 10.8. The van der Waals surface area contributed by atoms with Gasteiger partial charge < -0.3 is 4.74 Å². The minimum absolute atomic E-state index is 0.0313. The number of hydrogen-bond donors (Lipinski definition) is 0. The number of carbonyl (C=O) groups excluding carboxylic acids is 1. The summed E-state index contributed by atoms with van der Waals surface area (Å²) >= 11 is 0. The van der Waals surface area contributed by atoms with E-state index in [9.17, 15) is 18.1 Å². The van der Waals surface area contributed by atoms with E-state index in [2.05, 4.69) is 10.0 Å². The highest BCUT2D eigenvalue weighted by molar-refractivity contribution is 7.90. The highest BCUT2D eigenvalue weighted by Crippen LogP contribution is 2.09. The second-order valence-electron chi connectivity index (χ2n) is 3.68. The maximum atomic E-state index is 11.8. The van der Waals surface area contributed by atoms with E-state index in [0.29, 0.717) is 5.56 Å². The summed E-state index contributed by atoms with van der Waals surface area (Å²) in [5.41, 5.74) is 0.567. The molecule has 8 heteroatoms. The largest absolute Gasteiger partial charge is 0.448 e. The monoisotopic (exact) mass is 286 g/mol. The first-order valence-electron chi connectivity index (χ1n) is 5.50. The van der Waals surface area contributed by atoms with E-state index in [1.165, 1.54) is 0 Å². The van der Waals surface area contributed by atoms with Crippen LogP contribution in [0.5, 0.6) is 0 Å². The molecule has 1 aromatic carbocycles. The Hall–Kier alpha value is -1.96. The van der Waals surface area contributed by atoms with E-state index in [0.717, 1.165) is 0 Å². The average Bonchev–Trinajstić information content (AvgIpc) is 2.37. The standard InChI is InChI=1S/C11H14N2O5S/c1-2-18-11(14)13(12-15)9-19(16,17)8-10-6-4-3-5-7-10/h3-7H,2,8-9H2,1H3. The summed E-state index contributed by atoms with van der Waals surface area (Å²) in [6.07, 6.45) is -1.07. The van der Waals surface area contributed by atoms with Gasteiger partial charge in [-0.3, -0.25) is 0 Å². The van der Waals surface area contributed by atoms with Crippen LogP contribution in [0.15, 0.2) is 35.6 Å². The first-order chi connectivity index (χ1) is 8.98. The van der Waals surface area contributed by atoms with Crippen LogP contribution in [-0.2, 0) is 20.3 Å². The fourth-order valence-electron chi connectivity index (χ4n) is 1.37. The molecule has 0 aromatic heterocycles. The van der Waals surface area contributed by atoms with Gasteiger partial charge in [0.25, 0.3) is 0 Å². The number of nitrogens with zero attached hydrogens (tertiary/aromatic N) is 2. The van der Waals surface area contributed by atoms with Crippen LogP contribution < -0.4 is 0 Å². The molecule has 19 heavy (non-hydrogen) atoms. The van der Waals surface area contributed by atoms with Crippen LogP contribution in [0.3, 0.4) is 0 Å². The van der Waals surface area contributed by atoms with E-state index in [4.69, 9.17) is 0 Å². The number of amides is 1. The summed E-state index contributed by atoms with van der Waals surface area (Å²) in [4.78, 5) is 21.7. The molecule has 0 saturated heterocycles. The van der Waals surface area contributed by atoms with Gasteiger partial charge in [-0.25, -0.2) is 13.2 Å². The molecule has 0 heterocycles. The third kappa shape index (κ3) is 5.04. The zero-order valence-corrected chi connectivity index (χ0v) is 11.2. The Balaban J connectivity index is 2.73. The van der Waals surface area contributed by atoms with Crippen molar-refractivity contribution < 1.29 is 17.9 Å². The van der Waals surface area contributed by atoms with Crippen molar-refractivity contribution in [2.75, 3.05) is 12.5 Å². The van der Waals surface area contributed by atoms with Crippen LogP contribution >= 0.6 is 0 Å². The van der Waals surface area contributed by atoms with E-state index < -0.39 is 21.8 Å². The van der Waals surface area contributed by atoms with Crippen molar-refractivity contribution in [1.82, 2.24) is 5.01 Å². The quantitative estimate of drug-likeness (QED) is 0.586. The minimum atomic E-state index is -3.68. The van der Waals surface area contributed by atoms with E-state index in [1.54, 1.807) is 37.3 Å². The molecule has 0 N–H and O–H groups in total. The van der Waals surface area contributed by atoms with Gasteiger partial charge in [0.15, 0.2) is 15.7 Å². The third-order valence-corrected chi connectivity index (χ3v) is 3.54. The Morgan fingerprint density at radius 1 is 1.32 bits per heavy atom. The molecule has 0 aliphatic rings. The van der Waals surface area contributed by atoms with Crippen LogP contribution in [0.4, 0.5) is 4.79 Å². The molecule has 0 unspecified atom stereocenters. The molecule has 0 fully saturated rings. The van der Waals surface area contributed by atoms with Crippen LogP contribution in [0.25, 0.3) is 0 Å². The lowest BCUT2D eigenvalue weighted by Crippen LogP contribution is -2.32. The topological polar surface area (TPSA) is 93.1 Å². The lowest BCUT2D eigenvalue weighted by molar-refractivity contribution is 0.114. The average molecular weight is 286 g/mol. The van der Waals surface area contributed by atoms with Crippen molar-refractivity contribution in [3.8, 4) is 0 Å². The predicted octanol–water partition coefficient (Wildman–Crippen LogP) is 1.70. The van der Waals surface area contributed by atoms with Gasteiger partial charge in [-0.15, -0.1) is 9.92 Å². The number of sulfone groups is 1. The molecule has 1 aromatic rings. The number of carbonyl (C=O) groups is 1. The van der Waals surface area contributed by atoms with Gasteiger partial charge >= 0.3 is 6.09 Å². The van der Waals surface area contributed by atoms with E-state index >= 15 is 0 Å².